The lowest BCUT2D eigenvalue weighted by molar-refractivity contribution is -0.119. The maximum atomic E-state index is 11.8. The molecule has 0 aliphatic carbocycles. The summed E-state index contributed by atoms with van der Waals surface area (Å²) in [7, 11) is 1.71. The van der Waals surface area contributed by atoms with Gasteiger partial charge in [0.2, 0.25) is 6.41 Å². The molecule has 0 aromatic rings. The zero-order valence-corrected chi connectivity index (χ0v) is 18.7. The SMILES string of the molecule is CC.CC(C)(C)OC(=O)NC1(CC=O)CCN(C=O)CC1.COC(C)(C)C. The van der Waals surface area contributed by atoms with Crippen molar-refractivity contribution in [3.63, 3.8) is 0 Å². The van der Waals surface area contributed by atoms with Crippen LogP contribution in [0.2, 0.25) is 0 Å². The number of hydrogen-bond donors (Lipinski definition) is 1. The number of carbonyl (C=O) groups excluding carboxylic acids is 3. The number of methoxy groups -OCH3 is 1. The molecule has 7 nitrogen and oxygen atoms in total. The molecule has 160 valence electrons. The first-order valence-corrected chi connectivity index (χ1v) is 9.56. The lowest BCUT2D eigenvalue weighted by atomic mass is 9.85. The highest BCUT2D eigenvalue weighted by molar-refractivity contribution is 5.70. The number of aldehydes is 1. The van der Waals surface area contributed by atoms with E-state index in [1.54, 1.807) is 32.8 Å². The molecule has 1 saturated heterocycles. The molecule has 0 bridgehead atoms. The maximum absolute atomic E-state index is 11.8. The fourth-order valence-electron chi connectivity index (χ4n) is 2.12. The summed E-state index contributed by atoms with van der Waals surface area (Å²) in [5.74, 6) is 0. The second kappa shape index (κ2) is 12.7. The predicted octanol–water partition coefficient (Wildman–Crippen LogP) is 3.55. The molecule has 1 N–H and O–H groups in total. The maximum Gasteiger partial charge on any atom is 0.408 e. The highest BCUT2D eigenvalue weighted by Crippen LogP contribution is 2.25. The molecule has 27 heavy (non-hydrogen) atoms. The third-order valence-corrected chi connectivity index (χ3v) is 3.76. The van der Waals surface area contributed by atoms with Gasteiger partial charge in [0.05, 0.1) is 11.1 Å². The zero-order chi connectivity index (χ0) is 21.7. The number of piperidine rings is 1. The van der Waals surface area contributed by atoms with Gasteiger partial charge < -0.3 is 24.5 Å². The standard InChI is InChI=1S/C13H22N2O4.C5H12O.C2H6/c1-12(2,3)19-11(18)14-13(6-9-16)4-7-15(10-17)8-5-13;1-5(2,3)6-4;1-2/h9-10H,4-8H2,1-3H3,(H,14,18);1-4H3;1-2H3. The van der Waals surface area contributed by atoms with Crippen LogP contribution in [0.25, 0.3) is 0 Å². The molecule has 0 radical (unpaired) electrons. The summed E-state index contributed by atoms with van der Waals surface area (Å²) in [5.41, 5.74) is -1.13. The summed E-state index contributed by atoms with van der Waals surface area (Å²) < 4.78 is 10.2. The number of amides is 2. The molecule has 1 aliphatic heterocycles. The van der Waals surface area contributed by atoms with Gasteiger partial charge >= 0.3 is 6.09 Å². The number of nitrogens with one attached hydrogen (secondary N) is 1. The predicted molar refractivity (Wildman–Crippen MR) is 108 cm³/mol. The molecule has 0 unspecified atom stereocenters. The Morgan fingerprint density at radius 2 is 1.48 bits per heavy atom. The van der Waals surface area contributed by atoms with Gasteiger partial charge in [0, 0.05) is 26.6 Å². The number of ether oxygens (including phenoxy) is 2. The molecule has 0 atom stereocenters. The van der Waals surface area contributed by atoms with Gasteiger partial charge in [-0.25, -0.2) is 4.79 Å². The topological polar surface area (TPSA) is 84.9 Å². The van der Waals surface area contributed by atoms with E-state index in [9.17, 15) is 14.4 Å². The number of nitrogens with zero attached hydrogens (tertiary/aromatic N) is 1. The van der Waals surface area contributed by atoms with Gasteiger partial charge in [0.1, 0.15) is 11.9 Å². The van der Waals surface area contributed by atoms with E-state index < -0.39 is 17.2 Å². The molecule has 0 spiro atoms. The summed E-state index contributed by atoms with van der Waals surface area (Å²) >= 11 is 0. The first-order valence-electron chi connectivity index (χ1n) is 9.56. The van der Waals surface area contributed by atoms with E-state index in [1.165, 1.54) is 0 Å². The van der Waals surface area contributed by atoms with Gasteiger partial charge in [0.25, 0.3) is 0 Å². The third kappa shape index (κ3) is 14.1. The van der Waals surface area contributed by atoms with Crippen molar-refractivity contribution < 1.29 is 23.9 Å². The van der Waals surface area contributed by atoms with Crippen molar-refractivity contribution in [3.8, 4) is 0 Å². The lowest BCUT2D eigenvalue weighted by Gasteiger charge is -2.40. The second-order valence-electron chi connectivity index (χ2n) is 8.24. The average Bonchev–Trinajstić information content (AvgIpc) is 2.56. The normalized spacial score (nSPS) is 16.0. The van der Waals surface area contributed by atoms with E-state index in [4.69, 9.17) is 9.47 Å². The van der Waals surface area contributed by atoms with Crippen LogP contribution in [0.4, 0.5) is 4.79 Å². The number of hydrogen-bond acceptors (Lipinski definition) is 5. The molecule has 1 fully saturated rings. The molecule has 2 amide bonds. The molecule has 0 saturated carbocycles. The molecule has 1 aliphatic rings. The van der Waals surface area contributed by atoms with Crippen molar-refractivity contribution in [2.45, 2.75) is 91.4 Å². The van der Waals surface area contributed by atoms with Crippen LogP contribution in [0.1, 0.15) is 74.7 Å². The van der Waals surface area contributed by atoms with Crippen LogP contribution in [0.3, 0.4) is 0 Å². The van der Waals surface area contributed by atoms with Gasteiger partial charge in [-0.3, -0.25) is 4.79 Å². The summed E-state index contributed by atoms with van der Waals surface area (Å²) in [6.45, 7) is 16.5. The second-order valence-corrected chi connectivity index (χ2v) is 8.24. The largest absolute Gasteiger partial charge is 0.444 e. The van der Waals surface area contributed by atoms with Crippen molar-refractivity contribution >= 4 is 18.8 Å². The van der Waals surface area contributed by atoms with Gasteiger partial charge in [0.15, 0.2) is 0 Å². The fraction of sp³-hybridized carbons (Fsp3) is 0.850. The third-order valence-electron chi connectivity index (χ3n) is 3.76. The number of rotatable bonds is 4. The van der Waals surface area contributed by atoms with E-state index in [1.807, 2.05) is 34.6 Å². The van der Waals surface area contributed by atoms with Crippen molar-refractivity contribution in [2.75, 3.05) is 20.2 Å². The van der Waals surface area contributed by atoms with Gasteiger partial charge in [-0.1, -0.05) is 13.8 Å². The van der Waals surface area contributed by atoms with Gasteiger partial charge in [-0.05, 0) is 54.4 Å². The van der Waals surface area contributed by atoms with E-state index in [-0.39, 0.29) is 12.0 Å². The Morgan fingerprint density at radius 3 is 1.78 bits per heavy atom. The Kier molecular flexibility index (Phi) is 13.0. The van der Waals surface area contributed by atoms with E-state index >= 15 is 0 Å². The van der Waals surface area contributed by atoms with Crippen molar-refractivity contribution in [2.24, 2.45) is 0 Å². The Bertz CT molecular complexity index is 431. The minimum Gasteiger partial charge on any atom is -0.444 e. The fourth-order valence-corrected chi connectivity index (χ4v) is 2.12. The first-order chi connectivity index (χ1) is 12.4. The number of alkyl carbamates (subject to hydrolysis) is 1. The highest BCUT2D eigenvalue weighted by atomic mass is 16.6. The van der Waals surface area contributed by atoms with Crippen LogP contribution in [0.5, 0.6) is 0 Å². The molecular weight excluding hydrogens is 348 g/mol. The van der Waals surface area contributed by atoms with Crippen LogP contribution in [0, 0.1) is 0 Å². The van der Waals surface area contributed by atoms with Crippen LogP contribution in [-0.2, 0) is 19.1 Å². The summed E-state index contributed by atoms with van der Waals surface area (Å²) in [5, 5.41) is 2.80. The molecule has 0 aromatic carbocycles. The van der Waals surface area contributed by atoms with E-state index in [0.29, 0.717) is 25.9 Å². The van der Waals surface area contributed by atoms with Gasteiger partial charge in [-0.15, -0.1) is 0 Å². The lowest BCUT2D eigenvalue weighted by Crippen LogP contribution is -2.56. The summed E-state index contributed by atoms with van der Waals surface area (Å²) in [6, 6.07) is 0. The molecule has 7 heteroatoms. The Morgan fingerprint density at radius 1 is 1.04 bits per heavy atom. The Labute approximate surface area is 165 Å². The molecular formula is C20H40N2O5. The smallest absolute Gasteiger partial charge is 0.408 e. The molecule has 1 heterocycles. The number of likely N-dealkylation sites (tertiary alicyclic amines) is 1. The number of carbonyl (C=O) groups is 3. The quantitative estimate of drug-likeness (QED) is 0.745. The average molecular weight is 389 g/mol. The van der Waals surface area contributed by atoms with E-state index in [2.05, 4.69) is 5.32 Å². The van der Waals surface area contributed by atoms with Crippen molar-refractivity contribution in [3.05, 3.63) is 0 Å². The monoisotopic (exact) mass is 388 g/mol. The van der Waals surface area contributed by atoms with Crippen LogP contribution >= 0.6 is 0 Å². The van der Waals surface area contributed by atoms with Crippen LogP contribution < -0.4 is 5.32 Å². The Hall–Kier alpha value is -1.63. The van der Waals surface area contributed by atoms with Crippen molar-refractivity contribution in [1.29, 1.82) is 0 Å². The highest BCUT2D eigenvalue weighted by Gasteiger charge is 2.36. The summed E-state index contributed by atoms with van der Waals surface area (Å²) in [6.07, 6.45) is 2.42. The zero-order valence-electron chi connectivity index (χ0n) is 18.7. The van der Waals surface area contributed by atoms with Crippen LogP contribution in [0.15, 0.2) is 0 Å². The van der Waals surface area contributed by atoms with Gasteiger partial charge in [-0.2, -0.15) is 0 Å². The molecule has 0 aromatic heterocycles. The van der Waals surface area contributed by atoms with E-state index in [0.717, 1.165) is 12.7 Å². The molecule has 1 rings (SSSR count). The Balaban J connectivity index is 0. The summed E-state index contributed by atoms with van der Waals surface area (Å²) in [4.78, 5) is 35.0. The minimum atomic E-state index is -0.594. The minimum absolute atomic E-state index is 0.0417. The van der Waals surface area contributed by atoms with Crippen LogP contribution in [-0.4, -0.2) is 60.6 Å². The first kappa shape index (κ1) is 27.6. The van der Waals surface area contributed by atoms with Crippen molar-refractivity contribution in [1.82, 2.24) is 10.2 Å².